The summed E-state index contributed by atoms with van der Waals surface area (Å²) < 4.78 is 12.0. The van der Waals surface area contributed by atoms with Gasteiger partial charge >= 0.3 is 12.1 Å². The number of carbonyl (C=O) groups excluding carboxylic acids is 4. The van der Waals surface area contributed by atoms with Crippen LogP contribution in [0, 0.1) is 5.41 Å². The average Bonchev–Trinajstić information content (AvgIpc) is 3.67. The number of hydrogen-bond acceptors (Lipinski definition) is 9. The Hall–Kier alpha value is -4.94. The molecule has 13 heteroatoms. The summed E-state index contributed by atoms with van der Waals surface area (Å²) in [6, 6.07) is 12.9. The first kappa shape index (κ1) is 34.9. The quantitative estimate of drug-likeness (QED) is 0.115. The zero-order valence-corrected chi connectivity index (χ0v) is 28.0. The van der Waals surface area contributed by atoms with Crippen molar-refractivity contribution >= 4 is 46.4 Å². The Bertz CT molecular complexity index is 1630. The molecule has 0 aliphatic carbocycles. The molecule has 1 atom stereocenters. The first-order chi connectivity index (χ1) is 22.3. The maximum Gasteiger partial charge on any atom is 0.413 e. The van der Waals surface area contributed by atoms with Crippen LogP contribution in [0.3, 0.4) is 0 Å². The largest absolute Gasteiger partial charge is 0.466 e. The minimum atomic E-state index is -1.07. The van der Waals surface area contributed by atoms with E-state index in [1.165, 1.54) is 4.90 Å². The van der Waals surface area contributed by atoms with Crippen LogP contribution < -0.4 is 10.6 Å². The zero-order chi connectivity index (χ0) is 34.3. The van der Waals surface area contributed by atoms with Gasteiger partial charge in [0.25, 0.3) is 0 Å². The molecule has 1 saturated heterocycles. The molecule has 1 aromatic heterocycles. The Morgan fingerprint density at radius 1 is 1.09 bits per heavy atom. The average molecular weight is 648 g/mol. The Balaban J connectivity index is 1.52. The molecule has 13 nitrogen and oxygen atoms in total. The maximum atomic E-state index is 14.0. The third-order valence-corrected chi connectivity index (χ3v) is 8.25. The molecule has 0 bridgehead atoms. The van der Waals surface area contributed by atoms with E-state index in [0.717, 1.165) is 35.4 Å². The summed E-state index contributed by atoms with van der Waals surface area (Å²) in [5, 5.41) is 13.9. The number of aromatic nitrogens is 2. The fourth-order valence-electron chi connectivity index (χ4n) is 5.69. The molecule has 0 saturated carbocycles. The van der Waals surface area contributed by atoms with Gasteiger partial charge < -0.3 is 29.2 Å². The molecule has 1 aliphatic heterocycles. The maximum absolute atomic E-state index is 14.0. The highest BCUT2D eigenvalue weighted by atomic mass is 16.6. The van der Waals surface area contributed by atoms with E-state index >= 15 is 0 Å². The number of hydrogen-bond donors (Lipinski definition) is 3. The minimum Gasteiger partial charge on any atom is -0.466 e. The van der Waals surface area contributed by atoms with Crippen LogP contribution >= 0.6 is 0 Å². The van der Waals surface area contributed by atoms with Crippen molar-refractivity contribution in [1.29, 1.82) is 5.41 Å². The van der Waals surface area contributed by atoms with Crippen LogP contribution in [0.5, 0.6) is 0 Å². The summed E-state index contributed by atoms with van der Waals surface area (Å²) in [7, 11) is 3.53. The lowest BCUT2D eigenvalue weighted by Gasteiger charge is -2.36. The molecule has 4 rings (SSSR count). The van der Waals surface area contributed by atoms with Gasteiger partial charge in [-0.2, -0.15) is 0 Å². The van der Waals surface area contributed by atoms with Crippen molar-refractivity contribution in [3.05, 3.63) is 59.4 Å². The Morgan fingerprint density at radius 3 is 2.40 bits per heavy atom. The third-order valence-electron chi connectivity index (χ3n) is 8.25. The fourth-order valence-corrected chi connectivity index (χ4v) is 5.69. The number of aryl methyl sites for hydroxylation is 1. The molecule has 3 aromatic rings. The van der Waals surface area contributed by atoms with E-state index in [9.17, 15) is 19.2 Å². The molecule has 252 valence electrons. The fraction of sp³-hybridized carbons (Fsp3) is 0.471. The van der Waals surface area contributed by atoms with Gasteiger partial charge in [-0.3, -0.25) is 25.1 Å². The van der Waals surface area contributed by atoms with E-state index in [1.807, 2.05) is 53.8 Å². The number of rotatable bonds is 12. The zero-order valence-electron chi connectivity index (χ0n) is 28.0. The predicted molar refractivity (Wildman–Crippen MR) is 178 cm³/mol. The number of benzene rings is 2. The summed E-state index contributed by atoms with van der Waals surface area (Å²) in [6.07, 6.45) is 0.525. The number of anilines is 1. The van der Waals surface area contributed by atoms with Crippen LogP contribution in [-0.4, -0.2) is 88.5 Å². The van der Waals surface area contributed by atoms with E-state index < -0.39 is 23.4 Å². The lowest BCUT2D eigenvalue weighted by Crippen LogP contribution is -2.51. The normalized spacial score (nSPS) is 14.1. The SMILES string of the molecule is CCOC(=O)CC(=O)N(C)CC(C)(C(=O)N1CCCC1)c1ccc2c(c1)nc(CNc1ccc(C(=N)NC(=O)OC(C)C)cc1)n2C. The van der Waals surface area contributed by atoms with E-state index in [-0.39, 0.29) is 37.4 Å². The highest BCUT2D eigenvalue weighted by Gasteiger charge is 2.41. The Kier molecular flexibility index (Phi) is 11.2. The van der Waals surface area contributed by atoms with Crippen LogP contribution in [0.2, 0.25) is 0 Å². The molecule has 3 amide bonds. The van der Waals surface area contributed by atoms with Crippen LogP contribution in [0.25, 0.3) is 11.0 Å². The second-order valence-electron chi connectivity index (χ2n) is 12.2. The van der Waals surface area contributed by atoms with Crippen molar-refractivity contribution in [2.75, 3.05) is 38.6 Å². The minimum absolute atomic E-state index is 0.0573. The number of imidazole rings is 1. The molecule has 47 heavy (non-hydrogen) atoms. The Labute approximate surface area is 275 Å². The van der Waals surface area contributed by atoms with Crippen molar-refractivity contribution < 1.29 is 28.7 Å². The molecule has 0 spiro atoms. The summed E-state index contributed by atoms with van der Waals surface area (Å²) in [5.41, 5.74) is 2.61. The van der Waals surface area contributed by atoms with E-state index in [1.54, 1.807) is 40.0 Å². The second-order valence-corrected chi connectivity index (χ2v) is 12.2. The predicted octanol–water partition coefficient (Wildman–Crippen LogP) is 3.94. The first-order valence-electron chi connectivity index (χ1n) is 15.9. The lowest BCUT2D eigenvalue weighted by molar-refractivity contribution is -0.148. The monoisotopic (exact) mass is 647 g/mol. The van der Waals surface area contributed by atoms with Gasteiger partial charge in [0.1, 0.15) is 18.1 Å². The van der Waals surface area contributed by atoms with Crippen LogP contribution in [0.15, 0.2) is 42.5 Å². The van der Waals surface area contributed by atoms with Gasteiger partial charge in [-0.25, -0.2) is 9.78 Å². The number of amides is 3. The van der Waals surface area contributed by atoms with E-state index in [2.05, 4.69) is 10.6 Å². The molecule has 3 N–H and O–H groups in total. The second kappa shape index (κ2) is 15.1. The summed E-state index contributed by atoms with van der Waals surface area (Å²) in [4.78, 5) is 58.9. The highest BCUT2D eigenvalue weighted by Crippen LogP contribution is 2.32. The summed E-state index contributed by atoms with van der Waals surface area (Å²) in [5.74, 6) is -0.360. The van der Waals surface area contributed by atoms with Crippen molar-refractivity contribution in [1.82, 2.24) is 24.7 Å². The standard InChI is InChI=1S/C34H45N7O6/c1-7-46-30(43)19-29(42)39(5)21-34(4,32(44)41-16-8-9-17-41)24-12-15-27-26(18-24)37-28(40(27)6)20-36-25-13-10-23(11-14-25)31(35)38-33(45)47-22(2)3/h10-15,18,22,36H,7-9,16-17,19-21H2,1-6H3,(H2,35,38,45). The van der Waals surface area contributed by atoms with Crippen LogP contribution in [0.1, 0.15) is 63.9 Å². The van der Waals surface area contributed by atoms with Gasteiger partial charge in [0.05, 0.1) is 35.7 Å². The number of nitrogens with one attached hydrogen (secondary N) is 3. The van der Waals surface area contributed by atoms with Gasteiger partial charge in [0.2, 0.25) is 11.8 Å². The van der Waals surface area contributed by atoms with Crippen molar-refractivity contribution in [2.45, 2.75) is 65.0 Å². The molecular formula is C34H45N7O6. The number of likely N-dealkylation sites (N-methyl/N-ethyl adjacent to an activating group) is 1. The number of esters is 1. The summed E-state index contributed by atoms with van der Waals surface area (Å²) >= 11 is 0. The molecule has 2 heterocycles. The van der Waals surface area contributed by atoms with Crippen LogP contribution in [-0.2, 0) is 42.9 Å². The van der Waals surface area contributed by atoms with Gasteiger partial charge in [-0.15, -0.1) is 0 Å². The Morgan fingerprint density at radius 2 is 1.77 bits per heavy atom. The number of ether oxygens (including phenoxy) is 2. The third kappa shape index (κ3) is 8.46. The smallest absolute Gasteiger partial charge is 0.413 e. The molecule has 1 unspecified atom stereocenters. The van der Waals surface area contributed by atoms with Crippen molar-refractivity contribution in [3.8, 4) is 0 Å². The van der Waals surface area contributed by atoms with Gasteiger partial charge in [0.15, 0.2) is 0 Å². The van der Waals surface area contributed by atoms with E-state index in [4.69, 9.17) is 19.9 Å². The van der Waals surface area contributed by atoms with Gasteiger partial charge in [0, 0.05) is 45.0 Å². The lowest BCUT2D eigenvalue weighted by atomic mass is 9.80. The molecule has 0 radical (unpaired) electrons. The molecule has 2 aromatic carbocycles. The molecule has 1 fully saturated rings. The van der Waals surface area contributed by atoms with Crippen molar-refractivity contribution in [2.24, 2.45) is 7.05 Å². The van der Waals surface area contributed by atoms with Gasteiger partial charge in [-0.1, -0.05) is 6.07 Å². The number of fused-ring (bicyclic) bond motifs is 1. The molecule has 1 aliphatic rings. The first-order valence-corrected chi connectivity index (χ1v) is 15.9. The summed E-state index contributed by atoms with van der Waals surface area (Å²) in [6.45, 7) is 9.03. The molecular weight excluding hydrogens is 602 g/mol. The highest BCUT2D eigenvalue weighted by molar-refractivity contribution is 6.04. The number of nitrogens with zero attached hydrogens (tertiary/aromatic N) is 4. The number of likely N-dealkylation sites (tertiary alicyclic amines) is 1. The topological polar surface area (TPSA) is 159 Å². The van der Waals surface area contributed by atoms with Crippen LogP contribution in [0.4, 0.5) is 10.5 Å². The number of amidine groups is 1. The van der Waals surface area contributed by atoms with E-state index in [0.29, 0.717) is 30.7 Å². The van der Waals surface area contributed by atoms with Gasteiger partial charge in [-0.05, 0) is 82.5 Å². The van der Waals surface area contributed by atoms with Crippen molar-refractivity contribution in [3.63, 3.8) is 0 Å². The number of carbonyl (C=O) groups is 4. The number of alkyl carbamates (subject to hydrolysis) is 1.